The van der Waals surface area contributed by atoms with Crippen LogP contribution in [0.2, 0.25) is 0 Å². The molecule has 0 aromatic carbocycles. The maximum absolute atomic E-state index is 11.7. The zero-order valence-electron chi connectivity index (χ0n) is 68.2. The van der Waals surface area contributed by atoms with Crippen molar-refractivity contribution in [3.63, 3.8) is 0 Å². The van der Waals surface area contributed by atoms with Crippen LogP contribution in [0.1, 0.15) is 80.6 Å². The molecule has 0 aromatic heterocycles. The summed E-state index contributed by atoms with van der Waals surface area (Å²) in [4.78, 5) is 164. The molecule has 0 unspecified atom stereocenters. The number of thiol groups is 1. The van der Waals surface area contributed by atoms with E-state index in [0.717, 1.165) is 27.7 Å². The average Bonchev–Trinajstić information content (AvgIpc) is 1.70. The quantitative estimate of drug-likeness (QED) is 0.0177. The van der Waals surface area contributed by atoms with E-state index < -0.39 is 41.4 Å². The molecule has 0 saturated carbocycles. The number of nitrogens with zero attached hydrogens (tertiary/aromatic N) is 4. The van der Waals surface area contributed by atoms with E-state index in [2.05, 4.69) is 71.7 Å². The first-order chi connectivity index (χ1) is 54.5. The molecule has 0 aromatic rings. The van der Waals surface area contributed by atoms with Gasteiger partial charge in [-0.25, -0.2) is 4.79 Å². The van der Waals surface area contributed by atoms with Gasteiger partial charge in [-0.1, -0.05) is 20.1 Å². The van der Waals surface area contributed by atoms with E-state index in [9.17, 15) is 67.1 Å². The molecule has 2 radical (unpaired) electrons. The summed E-state index contributed by atoms with van der Waals surface area (Å²) in [6.45, 7) is 41.4. The first-order valence-corrected chi connectivity index (χ1v) is 38.6. The number of carbonyl (C=O) groups is 14. The van der Waals surface area contributed by atoms with E-state index in [-0.39, 0.29) is 146 Å². The Bertz CT molecular complexity index is 2660. The molecule has 42 heteroatoms. The normalized spacial score (nSPS) is 12.8. The van der Waals surface area contributed by atoms with Crippen molar-refractivity contribution in [1.29, 1.82) is 0 Å². The number of ether oxygens (including phenoxy) is 13. The van der Waals surface area contributed by atoms with Gasteiger partial charge >= 0.3 is 5.97 Å². The van der Waals surface area contributed by atoms with E-state index in [1.165, 1.54) is 55.7 Å². The summed E-state index contributed by atoms with van der Waals surface area (Å²) in [5, 5.41) is 13.7. The van der Waals surface area contributed by atoms with E-state index in [1.807, 2.05) is 6.92 Å². The minimum atomic E-state index is -0.851. The minimum absolute atomic E-state index is 0. The summed E-state index contributed by atoms with van der Waals surface area (Å²) >= 11 is 5.32. The Kier molecular flexibility index (Phi) is 94.2. The van der Waals surface area contributed by atoms with Gasteiger partial charge in [0.1, 0.15) is 0 Å². The topological polar surface area (TPSA) is 467 Å². The van der Waals surface area contributed by atoms with Crippen LogP contribution in [-0.4, -0.2) is 345 Å². The number of rotatable bonds is 58. The van der Waals surface area contributed by atoms with Gasteiger partial charge in [-0.3, -0.25) is 77.0 Å². The zero-order valence-corrected chi connectivity index (χ0v) is 75.6. The van der Waals surface area contributed by atoms with Gasteiger partial charge in [-0.2, -0.15) is 26.5 Å². The molecule has 1 saturated heterocycles. The summed E-state index contributed by atoms with van der Waals surface area (Å²) in [6.07, 6.45) is 6.26. The van der Waals surface area contributed by atoms with Crippen LogP contribution < -0.4 is 32.3 Å². The maximum atomic E-state index is 11.7. The second-order valence-corrected chi connectivity index (χ2v) is 23.2. The van der Waals surface area contributed by atoms with Gasteiger partial charge in [0.2, 0.25) is 29.5 Å². The number of amides is 13. The van der Waals surface area contributed by atoms with Gasteiger partial charge in [0.25, 0.3) is 47.3 Å². The SMILES string of the molecule is CC(=O)NCCOCCOCCOCCN.CC(=O)NCCOCCOCCOCCNC(=O)CCN1C(=O)C=CC1=O.CCC(=O)NCCOCCOCCOCCNC(C)=O.O=C(CCN1C(=O)C=CC1=O)ON1C(=O)CCC1=O.[CH2-]C.[CH2-]C.[CH2-]COCCOCCS.[CH2-]COCCOCCSC1=CC(=O)N(CC)C1=O.[Y].[Y]. The van der Waals surface area contributed by atoms with Crippen LogP contribution in [0.4, 0.5) is 0 Å². The van der Waals surface area contributed by atoms with Crippen molar-refractivity contribution in [3.05, 3.63) is 63.0 Å². The van der Waals surface area contributed by atoms with Crippen molar-refractivity contribution in [1.82, 2.24) is 46.3 Å². The maximum Gasteiger partial charge on any atom is 0.335 e. The van der Waals surface area contributed by atoms with E-state index >= 15 is 0 Å². The third kappa shape index (κ3) is 76.1. The number of likely N-dealkylation sites (N-methyl/N-ethyl adjacent to an activating group) is 1. The van der Waals surface area contributed by atoms with Crippen molar-refractivity contribution < 1.29 is 199 Å². The molecule has 0 atom stereocenters. The predicted octanol–water partition coefficient (Wildman–Crippen LogP) is -0.339. The summed E-state index contributed by atoms with van der Waals surface area (Å²) in [5.74, 6) is -3.23. The Balaban J connectivity index is -0.000000312. The second kappa shape index (κ2) is 89.7. The number of thioether (sulfide) groups is 1. The van der Waals surface area contributed by atoms with Crippen LogP contribution in [0.3, 0.4) is 0 Å². The van der Waals surface area contributed by atoms with Gasteiger partial charge in [-0.15, -0.1) is 16.8 Å². The third-order valence-electron chi connectivity index (χ3n) is 13.0. The number of imide groups is 4. The third-order valence-corrected chi connectivity index (χ3v) is 14.1. The molecule has 0 spiro atoms. The fourth-order valence-corrected chi connectivity index (χ4v) is 8.64. The molecule has 38 nitrogen and oxygen atoms in total. The fraction of sp³-hybridized carbons (Fsp3) is 0.671. The number of carbonyl (C=O) groups excluding carboxylic acids is 14. The van der Waals surface area contributed by atoms with Gasteiger partial charge in [-0.05, 0) is 6.92 Å². The minimum Gasteiger partial charge on any atom is -0.411 e. The summed E-state index contributed by atoms with van der Waals surface area (Å²) in [6, 6.07) is 0. The van der Waals surface area contributed by atoms with Gasteiger partial charge in [0.15, 0.2) is 0 Å². The Hall–Kier alpha value is -5.05. The number of nitrogens with one attached hydrogen (secondary N) is 5. The predicted molar refractivity (Wildman–Crippen MR) is 420 cm³/mol. The molecular formula is C73H126N10O28S2Y2-4. The summed E-state index contributed by atoms with van der Waals surface area (Å²) in [7, 11) is 0. The largest absolute Gasteiger partial charge is 0.411 e. The van der Waals surface area contributed by atoms with Crippen molar-refractivity contribution in [3.8, 4) is 0 Å². The molecule has 4 rings (SSSR count). The summed E-state index contributed by atoms with van der Waals surface area (Å²) in [5.41, 5.74) is 5.24. The van der Waals surface area contributed by atoms with Crippen molar-refractivity contribution in [2.75, 3.05) is 242 Å². The number of hydroxylamine groups is 2. The zero-order chi connectivity index (χ0) is 85.3. The number of hydrogen-bond donors (Lipinski definition) is 7. The molecule has 4 heterocycles. The Labute approximate surface area is 738 Å². The van der Waals surface area contributed by atoms with Crippen LogP contribution in [0.5, 0.6) is 0 Å². The summed E-state index contributed by atoms with van der Waals surface area (Å²) < 4.78 is 67.5. The molecule has 0 aliphatic carbocycles. The molecule has 0 bridgehead atoms. The van der Waals surface area contributed by atoms with E-state index in [4.69, 9.17) is 67.3 Å². The molecule has 13 amide bonds. The van der Waals surface area contributed by atoms with E-state index in [0.29, 0.717) is 240 Å². The van der Waals surface area contributed by atoms with Gasteiger partial charge in [0, 0.05) is 213 Å². The average molecular weight is 1830 g/mol. The Morgan fingerprint density at radius 2 is 0.739 bits per heavy atom. The van der Waals surface area contributed by atoms with E-state index in [1.54, 1.807) is 20.8 Å². The molecule has 7 N–H and O–H groups in total. The monoisotopic (exact) mass is 1830 g/mol. The number of hydrogen-bond acceptors (Lipinski definition) is 31. The van der Waals surface area contributed by atoms with Crippen LogP contribution >= 0.6 is 24.4 Å². The van der Waals surface area contributed by atoms with Crippen LogP contribution in [-0.2, 0) is 199 Å². The first kappa shape index (κ1) is 121. The molecule has 1 fully saturated rings. The van der Waals surface area contributed by atoms with Crippen molar-refractivity contribution in [2.45, 2.75) is 80.6 Å². The van der Waals surface area contributed by atoms with Crippen molar-refractivity contribution >= 4 is 107 Å². The standard InChI is InChI=1S/C17H27N3O7.C13H26N2O5.C12H18NO4S.C11H10N2O6.C10H22N2O4.C6H13O2S.2C2H5.2Y/c1-14(21)18-5-8-25-10-12-27-13-11-26-9-6-19-15(22)4-7-20-16(23)2-3-17(20)24;1-3-13(17)15-5-7-19-9-11-20-10-8-18-6-4-14-12(2)16;1-3-13-11(14)9-10(12(13)15)18-8-7-17-6-5-16-4-2;14-7-1-2-8(15)12(7)6-5-11(18)19-13-9(16)3-4-10(13)17;1-10(13)12-3-5-15-7-9-16-8-6-14-4-2-11;1-2-7-3-4-8-5-6-9;2*1-2;;/h2-3H,4-13H2,1H3,(H,18,21)(H,19,22);3-11H2,1-2H3,(H,14,16)(H,15,17);9H,2-8H2,1H3;1-2H,3-6H2;2-9,11H2,1H3,(H,12,13);9H,1-6H2;2*1H2,2H3;;/q;;-1;;;3*-1;;. The van der Waals surface area contributed by atoms with Crippen LogP contribution in [0.25, 0.3) is 0 Å². The van der Waals surface area contributed by atoms with Gasteiger partial charge < -0.3 is 126 Å². The van der Waals surface area contributed by atoms with Gasteiger partial charge in [0.05, 0.1) is 170 Å². The molecule has 4 aliphatic heterocycles. The number of nitrogens with two attached hydrogens (primary N) is 1. The Morgan fingerprint density at radius 1 is 0.426 bits per heavy atom. The Morgan fingerprint density at radius 3 is 1.06 bits per heavy atom. The second-order valence-electron chi connectivity index (χ2n) is 21.6. The molecule has 115 heavy (non-hydrogen) atoms. The molecular weight excluding hydrogens is 1710 g/mol. The van der Waals surface area contributed by atoms with Crippen LogP contribution in [0, 0.1) is 27.7 Å². The van der Waals surface area contributed by atoms with Crippen molar-refractivity contribution in [2.24, 2.45) is 5.73 Å². The first-order valence-electron chi connectivity index (χ1n) is 37.0. The molecule has 4 aliphatic rings. The fourth-order valence-electron chi connectivity index (χ4n) is 7.68. The van der Waals surface area contributed by atoms with Crippen LogP contribution in [0.15, 0.2) is 35.3 Å². The smallest absolute Gasteiger partial charge is 0.335 e. The molecule has 658 valence electrons.